The van der Waals surface area contributed by atoms with Crippen LogP contribution >= 0.6 is 0 Å². The first-order chi connectivity index (χ1) is 11.2. The van der Waals surface area contributed by atoms with E-state index in [-0.39, 0.29) is 5.60 Å². The maximum atomic E-state index is 11.9. The zero-order valence-corrected chi connectivity index (χ0v) is 15.2. The van der Waals surface area contributed by atoms with Gasteiger partial charge in [0.25, 0.3) is 0 Å². The molecule has 0 aromatic heterocycles. The summed E-state index contributed by atoms with van der Waals surface area (Å²) < 4.78 is 16.9. The molecule has 0 atom stereocenters. The molecular weight excluding hydrogens is 308 g/mol. The van der Waals surface area contributed by atoms with E-state index < -0.39 is 11.7 Å². The van der Waals surface area contributed by atoms with Crippen LogP contribution in [-0.2, 0) is 4.74 Å². The third-order valence-corrected chi connectivity index (χ3v) is 3.83. The number of hydrogen-bond acceptors (Lipinski definition) is 5. The van der Waals surface area contributed by atoms with Crippen molar-refractivity contribution in [3.63, 3.8) is 0 Å². The first-order valence-electron chi connectivity index (χ1n) is 8.29. The minimum absolute atomic E-state index is 0.247. The number of benzene rings is 1. The molecule has 1 saturated heterocycles. The van der Waals surface area contributed by atoms with Crippen molar-refractivity contribution in [2.45, 2.75) is 51.7 Å². The summed E-state index contributed by atoms with van der Waals surface area (Å²) in [5, 5.41) is 6.06. The van der Waals surface area contributed by atoms with E-state index in [1.54, 1.807) is 25.3 Å². The summed E-state index contributed by atoms with van der Waals surface area (Å²) in [7, 11) is 1.61. The van der Waals surface area contributed by atoms with Crippen molar-refractivity contribution in [2.75, 3.05) is 25.5 Å². The van der Waals surface area contributed by atoms with E-state index in [9.17, 15) is 4.79 Å². The zero-order valence-electron chi connectivity index (χ0n) is 15.2. The van der Waals surface area contributed by atoms with Crippen LogP contribution in [0, 0.1) is 0 Å². The van der Waals surface area contributed by atoms with Crippen LogP contribution in [0.5, 0.6) is 11.5 Å². The number of nitrogens with one attached hydrogen (secondary N) is 2. The Morgan fingerprint density at radius 1 is 1.21 bits per heavy atom. The van der Waals surface area contributed by atoms with E-state index in [1.165, 1.54) is 0 Å². The SMILES string of the molecule is COc1ccc(NC(=O)OC(C)(C)C)cc1OC1(C)CCNCC1. The second kappa shape index (κ2) is 7.30. The Kier molecular flexibility index (Phi) is 5.59. The maximum Gasteiger partial charge on any atom is 0.412 e. The van der Waals surface area contributed by atoms with Crippen LogP contribution in [0.25, 0.3) is 0 Å². The highest BCUT2D eigenvalue weighted by Gasteiger charge is 2.30. The Labute approximate surface area is 143 Å². The molecule has 6 nitrogen and oxygen atoms in total. The van der Waals surface area contributed by atoms with E-state index in [1.807, 2.05) is 20.8 Å². The largest absolute Gasteiger partial charge is 0.493 e. The Balaban J connectivity index is 2.13. The molecule has 1 aliphatic heterocycles. The topological polar surface area (TPSA) is 68.8 Å². The minimum atomic E-state index is -0.543. The van der Waals surface area contributed by atoms with Gasteiger partial charge in [0.05, 0.1) is 7.11 Å². The van der Waals surface area contributed by atoms with Gasteiger partial charge in [-0.25, -0.2) is 4.79 Å². The molecule has 1 aliphatic rings. The molecule has 134 valence electrons. The summed E-state index contributed by atoms with van der Waals surface area (Å²) in [5.74, 6) is 1.26. The van der Waals surface area contributed by atoms with Crippen LogP contribution in [0.4, 0.5) is 10.5 Å². The van der Waals surface area contributed by atoms with Crippen molar-refractivity contribution >= 4 is 11.8 Å². The predicted octanol–water partition coefficient (Wildman–Crippen LogP) is 3.56. The van der Waals surface area contributed by atoms with Crippen LogP contribution in [0.2, 0.25) is 0 Å². The molecule has 1 fully saturated rings. The second-order valence-electron chi connectivity index (χ2n) is 7.29. The summed E-state index contributed by atoms with van der Waals surface area (Å²) >= 11 is 0. The average Bonchev–Trinajstić information content (AvgIpc) is 2.45. The lowest BCUT2D eigenvalue weighted by molar-refractivity contribution is 0.0528. The molecule has 0 bridgehead atoms. The zero-order chi connectivity index (χ0) is 17.8. The van der Waals surface area contributed by atoms with Gasteiger partial charge in [-0.05, 0) is 65.8 Å². The number of rotatable bonds is 4. The molecule has 0 spiro atoms. The fourth-order valence-electron chi connectivity index (χ4n) is 2.58. The Morgan fingerprint density at radius 3 is 2.46 bits per heavy atom. The highest BCUT2D eigenvalue weighted by atomic mass is 16.6. The van der Waals surface area contributed by atoms with Crippen molar-refractivity contribution in [2.24, 2.45) is 0 Å². The molecule has 1 heterocycles. The highest BCUT2D eigenvalue weighted by molar-refractivity contribution is 5.85. The first-order valence-corrected chi connectivity index (χ1v) is 8.29. The van der Waals surface area contributed by atoms with E-state index >= 15 is 0 Å². The molecule has 24 heavy (non-hydrogen) atoms. The van der Waals surface area contributed by atoms with Crippen molar-refractivity contribution < 1.29 is 19.0 Å². The molecule has 6 heteroatoms. The van der Waals surface area contributed by atoms with Crippen molar-refractivity contribution in [1.29, 1.82) is 0 Å². The van der Waals surface area contributed by atoms with E-state index in [0.29, 0.717) is 17.2 Å². The molecule has 2 N–H and O–H groups in total. The molecule has 0 unspecified atom stereocenters. The Bertz CT molecular complexity index is 575. The van der Waals surface area contributed by atoms with Gasteiger partial charge >= 0.3 is 6.09 Å². The van der Waals surface area contributed by atoms with Crippen molar-refractivity contribution in [3.05, 3.63) is 18.2 Å². The number of amides is 1. The lowest BCUT2D eigenvalue weighted by atomic mass is 9.94. The van der Waals surface area contributed by atoms with Gasteiger partial charge in [-0.15, -0.1) is 0 Å². The lowest BCUT2D eigenvalue weighted by Crippen LogP contribution is -2.43. The molecule has 0 radical (unpaired) electrons. The Hall–Kier alpha value is -1.95. The van der Waals surface area contributed by atoms with Crippen molar-refractivity contribution in [1.82, 2.24) is 5.32 Å². The summed E-state index contributed by atoms with van der Waals surface area (Å²) in [5.41, 5.74) is -0.181. The molecule has 0 aliphatic carbocycles. The molecular formula is C18H28N2O4. The van der Waals surface area contributed by atoms with Crippen LogP contribution in [0.15, 0.2) is 18.2 Å². The molecule has 0 saturated carbocycles. The highest BCUT2D eigenvalue weighted by Crippen LogP contribution is 2.35. The normalized spacial score (nSPS) is 17.0. The van der Waals surface area contributed by atoms with Gasteiger partial charge in [0, 0.05) is 11.8 Å². The third-order valence-electron chi connectivity index (χ3n) is 3.83. The smallest absolute Gasteiger partial charge is 0.412 e. The molecule has 2 rings (SSSR count). The van der Waals surface area contributed by atoms with E-state index in [2.05, 4.69) is 17.6 Å². The van der Waals surface area contributed by atoms with Gasteiger partial charge in [-0.2, -0.15) is 0 Å². The Morgan fingerprint density at radius 2 is 1.88 bits per heavy atom. The maximum absolute atomic E-state index is 11.9. The van der Waals surface area contributed by atoms with Gasteiger partial charge in [-0.3, -0.25) is 5.32 Å². The van der Waals surface area contributed by atoms with Gasteiger partial charge in [0.1, 0.15) is 11.2 Å². The number of hydrogen-bond donors (Lipinski definition) is 2. The van der Waals surface area contributed by atoms with E-state index in [4.69, 9.17) is 14.2 Å². The average molecular weight is 336 g/mol. The molecule has 1 amide bonds. The number of piperidine rings is 1. The number of ether oxygens (including phenoxy) is 3. The number of anilines is 1. The monoisotopic (exact) mass is 336 g/mol. The lowest BCUT2D eigenvalue weighted by Gasteiger charge is -2.35. The molecule has 1 aromatic carbocycles. The predicted molar refractivity (Wildman–Crippen MR) is 94.0 cm³/mol. The quantitative estimate of drug-likeness (QED) is 0.880. The first kappa shape index (κ1) is 18.4. The van der Waals surface area contributed by atoms with Crippen LogP contribution in [0.3, 0.4) is 0 Å². The minimum Gasteiger partial charge on any atom is -0.493 e. The number of methoxy groups -OCH3 is 1. The standard InChI is InChI=1S/C18H28N2O4/c1-17(2,3)24-16(21)20-13-6-7-14(22-5)15(12-13)23-18(4)8-10-19-11-9-18/h6-7,12,19H,8-11H2,1-5H3,(H,20,21). The van der Waals surface area contributed by atoms with Gasteiger partial charge < -0.3 is 19.5 Å². The summed E-state index contributed by atoms with van der Waals surface area (Å²) in [4.78, 5) is 11.9. The van der Waals surface area contributed by atoms with Crippen molar-refractivity contribution in [3.8, 4) is 11.5 Å². The second-order valence-corrected chi connectivity index (χ2v) is 7.29. The number of carbonyl (C=O) groups is 1. The van der Waals surface area contributed by atoms with Gasteiger partial charge in [0.15, 0.2) is 11.5 Å². The summed E-state index contributed by atoms with van der Waals surface area (Å²) in [6.45, 7) is 9.43. The van der Waals surface area contributed by atoms with Gasteiger partial charge in [0.2, 0.25) is 0 Å². The van der Waals surface area contributed by atoms with Crippen LogP contribution < -0.4 is 20.1 Å². The van der Waals surface area contributed by atoms with Gasteiger partial charge in [-0.1, -0.05) is 0 Å². The van der Waals surface area contributed by atoms with Crippen LogP contribution in [-0.4, -0.2) is 37.5 Å². The van der Waals surface area contributed by atoms with Crippen LogP contribution in [0.1, 0.15) is 40.5 Å². The van der Waals surface area contributed by atoms with E-state index in [0.717, 1.165) is 25.9 Å². The number of carbonyl (C=O) groups excluding carboxylic acids is 1. The molecule has 1 aromatic rings. The fourth-order valence-corrected chi connectivity index (χ4v) is 2.58. The third kappa shape index (κ3) is 5.30. The fraction of sp³-hybridized carbons (Fsp3) is 0.611. The summed E-state index contributed by atoms with van der Waals surface area (Å²) in [6.07, 6.45) is 1.34. The summed E-state index contributed by atoms with van der Waals surface area (Å²) in [6, 6.07) is 5.32.